The summed E-state index contributed by atoms with van der Waals surface area (Å²) in [6.45, 7) is 1.47. The van der Waals surface area contributed by atoms with E-state index >= 15 is 0 Å². The summed E-state index contributed by atoms with van der Waals surface area (Å²) >= 11 is 0. The molecule has 80 valence electrons. The zero-order chi connectivity index (χ0) is 10.7. The first kappa shape index (κ1) is 9.98. The van der Waals surface area contributed by atoms with E-state index in [2.05, 4.69) is 17.6 Å². The quantitative estimate of drug-likeness (QED) is 0.371. The van der Waals surface area contributed by atoms with Crippen LogP contribution >= 0.6 is 0 Å². The lowest BCUT2D eigenvalue weighted by atomic mass is 10.0. The first-order valence-corrected chi connectivity index (χ1v) is 5.13. The predicted molar refractivity (Wildman–Crippen MR) is 58.1 cm³/mol. The molecule has 15 heavy (non-hydrogen) atoms. The van der Waals surface area contributed by atoms with E-state index < -0.39 is 0 Å². The van der Waals surface area contributed by atoms with Crippen LogP contribution < -0.4 is 11.3 Å². The summed E-state index contributed by atoms with van der Waals surface area (Å²) in [6.07, 6.45) is 1.81. The molecule has 4 heteroatoms. The second-order valence-corrected chi connectivity index (χ2v) is 3.71. The molecule has 1 aromatic rings. The van der Waals surface area contributed by atoms with Crippen molar-refractivity contribution in [3.63, 3.8) is 0 Å². The smallest absolute Gasteiger partial charge is 0.323 e. The van der Waals surface area contributed by atoms with Crippen molar-refractivity contribution >= 4 is 6.03 Å². The summed E-state index contributed by atoms with van der Waals surface area (Å²) in [5, 5.41) is 0. The molecular weight excluding hydrogens is 190 g/mol. The Balaban J connectivity index is 2.12. The fourth-order valence-corrected chi connectivity index (χ4v) is 1.96. The minimum atomic E-state index is -0.192. The first-order chi connectivity index (χ1) is 7.31. The Morgan fingerprint density at radius 2 is 1.73 bits per heavy atom. The molecule has 0 bridgehead atoms. The second kappa shape index (κ2) is 4.31. The Hall–Kier alpha value is -1.55. The summed E-state index contributed by atoms with van der Waals surface area (Å²) in [7, 11) is 0. The molecule has 0 unspecified atom stereocenters. The van der Waals surface area contributed by atoms with Gasteiger partial charge in [-0.2, -0.15) is 0 Å². The summed E-state index contributed by atoms with van der Waals surface area (Å²) in [5.74, 6) is 5.12. The zero-order valence-electron chi connectivity index (χ0n) is 8.57. The van der Waals surface area contributed by atoms with Gasteiger partial charge in [0.05, 0.1) is 0 Å². The van der Waals surface area contributed by atoms with Gasteiger partial charge < -0.3 is 4.90 Å². The van der Waals surface area contributed by atoms with E-state index in [0.717, 1.165) is 25.9 Å². The van der Waals surface area contributed by atoms with Gasteiger partial charge in [-0.25, -0.2) is 10.6 Å². The van der Waals surface area contributed by atoms with Gasteiger partial charge in [-0.1, -0.05) is 24.3 Å². The number of benzene rings is 1. The molecule has 4 nitrogen and oxygen atoms in total. The molecule has 0 atom stereocenters. The maximum Gasteiger partial charge on any atom is 0.331 e. The fraction of sp³-hybridized carbons (Fsp3) is 0.364. The van der Waals surface area contributed by atoms with Gasteiger partial charge in [0, 0.05) is 13.1 Å². The Bertz CT molecular complexity index is 338. The first-order valence-electron chi connectivity index (χ1n) is 5.13. The number of carbonyl (C=O) groups is 1. The monoisotopic (exact) mass is 205 g/mol. The number of hydrazine groups is 1. The largest absolute Gasteiger partial charge is 0.331 e. The molecule has 1 aromatic carbocycles. The summed E-state index contributed by atoms with van der Waals surface area (Å²) in [6, 6.07) is 8.13. The van der Waals surface area contributed by atoms with Crippen molar-refractivity contribution in [2.45, 2.75) is 12.8 Å². The van der Waals surface area contributed by atoms with Crippen molar-refractivity contribution in [2.24, 2.45) is 5.84 Å². The Morgan fingerprint density at radius 1 is 1.20 bits per heavy atom. The highest BCUT2D eigenvalue weighted by molar-refractivity contribution is 5.73. The predicted octanol–water partition coefficient (Wildman–Crippen LogP) is 0.670. The van der Waals surface area contributed by atoms with Crippen molar-refractivity contribution in [3.05, 3.63) is 35.4 Å². The van der Waals surface area contributed by atoms with Crippen molar-refractivity contribution in [1.29, 1.82) is 0 Å². The summed E-state index contributed by atoms with van der Waals surface area (Å²) < 4.78 is 0. The van der Waals surface area contributed by atoms with Crippen LogP contribution in [0.3, 0.4) is 0 Å². The van der Waals surface area contributed by atoms with Crippen LogP contribution in [0.2, 0.25) is 0 Å². The van der Waals surface area contributed by atoms with Crippen LogP contribution in [0.15, 0.2) is 24.3 Å². The van der Waals surface area contributed by atoms with Crippen LogP contribution in [0, 0.1) is 0 Å². The standard InChI is InChI=1S/C11H15N3O/c12-13-11(15)14-7-5-9-3-1-2-4-10(9)6-8-14/h1-4H,5-8,12H2,(H,13,15). The molecule has 3 N–H and O–H groups in total. The van der Waals surface area contributed by atoms with Gasteiger partial charge in [0.15, 0.2) is 0 Å². The third kappa shape index (κ3) is 2.10. The minimum Gasteiger partial charge on any atom is -0.323 e. The molecule has 0 saturated carbocycles. The fourth-order valence-electron chi connectivity index (χ4n) is 1.96. The number of nitrogens with two attached hydrogens (primary N) is 1. The molecule has 0 saturated heterocycles. The van der Waals surface area contributed by atoms with Crippen LogP contribution in [0.1, 0.15) is 11.1 Å². The molecule has 2 amide bonds. The lowest BCUT2D eigenvalue weighted by Gasteiger charge is -2.18. The maximum atomic E-state index is 11.4. The number of carbonyl (C=O) groups excluding carboxylic acids is 1. The molecule has 1 heterocycles. The minimum absolute atomic E-state index is 0.192. The number of urea groups is 1. The van der Waals surface area contributed by atoms with E-state index in [1.54, 1.807) is 4.90 Å². The molecule has 0 spiro atoms. The number of nitrogens with one attached hydrogen (secondary N) is 1. The van der Waals surface area contributed by atoms with E-state index in [1.807, 2.05) is 12.1 Å². The van der Waals surface area contributed by atoms with Gasteiger partial charge in [-0.3, -0.25) is 5.43 Å². The average Bonchev–Trinajstić information content (AvgIpc) is 2.50. The van der Waals surface area contributed by atoms with Gasteiger partial charge in [0.25, 0.3) is 0 Å². The average molecular weight is 205 g/mol. The van der Waals surface area contributed by atoms with Gasteiger partial charge in [0.1, 0.15) is 0 Å². The molecule has 0 aliphatic carbocycles. The van der Waals surface area contributed by atoms with E-state index in [0.29, 0.717) is 0 Å². The van der Waals surface area contributed by atoms with E-state index in [9.17, 15) is 4.79 Å². The van der Waals surface area contributed by atoms with Crippen molar-refractivity contribution < 1.29 is 4.79 Å². The topological polar surface area (TPSA) is 58.4 Å². The van der Waals surface area contributed by atoms with Crippen molar-refractivity contribution in [2.75, 3.05) is 13.1 Å². The normalized spacial score (nSPS) is 15.4. The number of hydrogen-bond donors (Lipinski definition) is 2. The van der Waals surface area contributed by atoms with Crippen molar-refractivity contribution in [3.8, 4) is 0 Å². The van der Waals surface area contributed by atoms with Gasteiger partial charge in [-0.05, 0) is 24.0 Å². The van der Waals surface area contributed by atoms with Crippen molar-refractivity contribution in [1.82, 2.24) is 10.3 Å². The lowest BCUT2D eigenvalue weighted by molar-refractivity contribution is 0.200. The number of hydrogen-bond acceptors (Lipinski definition) is 2. The second-order valence-electron chi connectivity index (χ2n) is 3.71. The number of amides is 2. The van der Waals surface area contributed by atoms with E-state index in [1.165, 1.54) is 11.1 Å². The SMILES string of the molecule is NNC(=O)N1CCc2ccccc2CC1. The van der Waals surface area contributed by atoms with Crippen LogP contribution in [0.5, 0.6) is 0 Å². The zero-order valence-corrected chi connectivity index (χ0v) is 8.57. The van der Waals surface area contributed by atoms with E-state index in [-0.39, 0.29) is 6.03 Å². The van der Waals surface area contributed by atoms with Crippen LogP contribution in [-0.2, 0) is 12.8 Å². The third-order valence-electron chi connectivity index (χ3n) is 2.83. The van der Waals surface area contributed by atoms with Crippen LogP contribution in [0.25, 0.3) is 0 Å². The molecule has 0 radical (unpaired) electrons. The number of fused-ring (bicyclic) bond motifs is 1. The Kier molecular flexibility index (Phi) is 2.87. The van der Waals surface area contributed by atoms with Gasteiger partial charge in [0.2, 0.25) is 0 Å². The lowest BCUT2D eigenvalue weighted by Crippen LogP contribution is -2.44. The highest BCUT2D eigenvalue weighted by atomic mass is 16.2. The van der Waals surface area contributed by atoms with E-state index in [4.69, 9.17) is 5.84 Å². The number of nitrogens with zero attached hydrogens (tertiary/aromatic N) is 1. The Labute approximate surface area is 89.0 Å². The molecule has 1 aliphatic rings. The van der Waals surface area contributed by atoms with Crippen LogP contribution in [-0.4, -0.2) is 24.0 Å². The maximum absolute atomic E-state index is 11.4. The van der Waals surface area contributed by atoms with Gasteiger partial charge in [-0.15, -0.1) is 0 Å². The molecule has 1 aliphatic heterocycles. The molecule has 0 fully saturated rings. The molecular formula is C11H15N3O. The van der Waals surface area contributed by atoms with Crippen LogP contribution in [0.4, 0.5) is 4.79 Å². The third-order valence-corrected chi connectivity index (χ3v) is 2.83. The number of rotatable bonds is 0. The molecule has 2 rings (SSSR count). The Morgan fingerprint density at radius 3 is 2.20 bits per heavy atom. The highest BCUT2D eigenvalue weighted by Crippen LogP contribution is 2.15. The summed E-state index contributed by atoms with van der Waals surface area (Å²) in [5.41, 5.74) is 4.85. The highest BCUT2D eigenvalue weighted by Gasteiger charge is 2.16. The summed E-state index contributed by atoms with van der Waals surface area (Å²) in [4.78, 5) is 13.1. The van der Waals surface area contributed by atoms with Gasteiger partial charge >= 0.3 is 6.03 Å². The molecule has 0 aromatic heterocycles.